The lowest BCUT2D eigenvalue weighted by Gasteiger charge is -2.08. The molecule has 2 aromatic rings. The van der Waals surface area contributed by atoms with Crippen LogP contribution in [-0.4, -0.2) is 21.0 Å². The number of aromatic hydroxyl groups is 1. The lowest BCUT2D eigenvalue weighted by molar-refractivity contribution is -0.385. The zero-order chi connectivity index (χ0) is 15.4. The Bertz CT molecular complexity index is 707. The highest BCUT2D eigenvalue weighted by atomic mass is 35.5. The number of nitro groups is 1. The van der Waals surface area contributed by atoms with Crippen molar-refractivity contribution < 1.29 is 14.8 Å². The topological polar surface area (TPSA) is 117 Å². The minimum Gasteiger partial charge on any atom is -0.504 e. The average molecular weight is 309 g/mol. The molecule has 1 heterocycles. The van der Waals surface area contributed by atoms with Gasteiger partial charge in [0.25, 0.3) is 5.69 Å². The summed E-state index contributed by atoms with van der Waals surface area (Å²) in [6.45, 7) is 0. The minimum absolute atomic E-state index is 0.194. The van der Waals surface area contributed by atoms with Crippen molar-refractivity contribution in [1.29, 1.82) is 0 Å². The summed E-state index contributed by atoms with van der Waals surface area (Å²) in [5, 5.41) is 25.3. The van der Waals surface area contributed by atoms with Crippen LogP contribution >= 0.6 is 11.6 Å². The molecule has 2 rings (SSSR count). The predicted octanol–water partition coefficient (Wildman–Crippen LogP) is 2.99. The van der Waals surface area contributed by atoms with Gasteiger partial charge in [-0.05, 0) is 18.2 Å². The van der Waals surface area contributed by atoms with E-state index in [0.29, 0.717) is 10.7 Å². The van der Waals surface area contributed by atoms with Gasteiger partial charge in [0, 0.05) is 10.7 Å². The molecule has 0 spiro atoms. The zero-order valence-electron chi connectivity index (χ0n) is 10.4. The molecule has 9 heteroatoms. The summed E-state index contributed by atoms with van der Waals surface area (Å²) in [6.07, 6.45) is 0.925. The van der Waals surface area contributed by atoms with Crippen LogP contribution in [0.3, 0.4) is 0 Å². The largest absolute Gasteiger partial charge is 0.504 e. The van der Waals surface area contributed by atoms with E-state index in [2.05, 4.69) is 15.6 Å². The van der Waals surface area contributed by atoms with E-state index in [4.69, 9.17) is 11.6 Å². The number of carbonyl (C=O) groups is 1. The van der Waals surface area contributed by atoms with E-state index in [-0.39, 0.29) is 11.5 Å². The number of nitrogens with one attached hydrogen (secondary N) is 2. The second-order valence-corrected chi connectivity index (χ2v) is 4.34. The van der Waals surface area contributed by atoms with E-state index < -0.39 is 16.7 Å². The van der Waals surface area contributed by atoms with Gasteiger partial charge in [-0.3, -0.25) is 15.4 Å². The molecule has 0 aliphatic heterocycles. The maximum Gasteiger partial charge on any atom is 0.324 e. The van der Waals surface area contributed by atoms with Crippen LogP contribution in [0.2, 0.25) is 5.02 Å². The molecular weight excluding hydrogens is 300 g/mol. The van der Waals surface area contributed by atoms with E-state index in [1.807, 2.05) is 0 Å². The second-order valence-electron chi connectivity index (χ2n) is 3.91. The summed E-state index contributed by atoms with van der Waals surface area (Å²) in [5.41, 5.74) is 0.0645. The first kappa shape index (κ1) is 14.5. The molecule has 8 nitrogen and oxygen atoms in total. The van der Waals surface area contributed by atoms with Crippen LogP contribution in [0, 0.1) is 10.1 Å². The smallest absolute Gasteiger partial charge is 0.324 e. The molecule has 2 amide bonds. The molecule has 3 N–H and O–H groups in total. The number of halogens is 1. The average Bonchev–Trinajstić information content (AvgIpc) is 2.40. The number of pyridine rings is 1. The quantitative estimate of drug-likeness (QED) is 0.595. The van der Waals surface area contributed by atoms with Crippen LogP contribution in [0.25, 0.3) is 0 Å². The Balaban J connectivity index is 2.08. The van der Waals surface area contributed by atoms with E-state index in [9.17, 15) is 20.0 Å². The summed E-state index contributed by atoms with van der Waals surface area (Å²) in [6, 6.07) is 6.67. The number of urea groups is 1. The van der Waals surface area contributed by atoms with Crippen LogP contribution < -0.4 is 10.6 Å². The maximum atomic E-state index is 11.7. The van der Waals surface area contributed by atoms with Crippen LogP contribution in [0.1, 0.15) is 0 Å². The number of carbonyl (C=O) groups excluding carboxylic acids is 1. The van der Waals surface area contributed by atoms with Gasteiger partial charge in [-0.2, -0.15) is 0 Å². The fraction of sp³-hybridized carbons (Fsp3) is 0. The number of rotatable bonds is 3. The monoisotopic (exact) mass is 308 g/mol. The fourth-order valence-electron chi connectivity index (χ4n) is 1.47. The molecule has 0 bridgehead atoms. The SMILES string of the molecule is O=C(Nc1cccc(Cl)c1)Nc1ncc([N+](=O)[O-])cc1O. The first-order chi connectivity index (χ1) is 9.95. The predicted molar refractivity (Wildman–Crippen MR) is 76.6 cm³/mol. The molecule has 1 aromatic carbocycles. The van der Waals surface area contributed by atoms with Gasteiger partial charge in [-0.25, -0.2) is 9.78 Å². The van der Waals surface area contributed by atoms with Crippen molar-refractivity contribution in [2.75, 3.05) is 10.6 Å². The van der Waals surface area contributed by atoms with Crippen LogP contribution in [0.5, 0.6) is 5.75 Å². The third-order valence-electron chi connectivity index (χ3n) is 2.38. The van der Waals surface area contributed by atoms with Crippen LogP contribution in [-0.2, 0) is 0 Å². The third kappa shape index (κ3) is 3.80. The van der Waals surface area contributed by atoms with Crippen molar-refractivity contribution in [3.05, 3.63) is 51.7 Å². The standard InChI is InChI=1S/C12H9ClN4O4/c13-7-2-1-3-8(4-7)15-12(19)16-11-10(18)5-9(6-14-11)17(20)21/h1-6,18H,(H2,14,15,16,19). The van der Waals surface area contributed by atoms with Gasteiger partial charge in [0.2, 0.25) is 0 Å². The molecule has 108 valence electrons. The van der Waals surface area contributed by atoms with E-state index in [1.54, 1.807) is 18.2 Å². The van der Waals surface area contributed by atoms with Crippen LogP contribution in [0.4, 0.5) is 22.0 Å². The summed E-state index contributed by atoms with van der Waals surface area (Å²) in [4.78, 5) is 25.1. The number of aromatic nitrogens is 1. The van der Waals surface area contributed by atoms with Crippen LogP contribution in [0.15, 0.2) is 36.5 Å². The number of anilines is 2. The number of amides is 2. The van der Waals surface area contributed by atoms with Gasteiger partial charge in [0.15, 0.2) is 11.6 Å². The van der Waals surface area contributed by atoms with Crippen molar-refractivity contribution in [2.24, 2.45) is 0 Å². The Morgan fingerprint density at radius 1 is 1.33 bits per heavy atom. The summed E-state index contributed by atoms with van der Waals surface area (Å²) in [7, 11) is 0. The number of hydrogen-bond acceptors (Lipinski definition) is 5. The maximum absolute atomic E-state index is 11.7. The van der Waals surface area contributed by atoms with E-state index in [0.717, 1.165) is 12.3 Å². The van der Waals surface area contributed by atoms with Crippen molar-refractivity contribution in [1.82, 2.24) is 4.98 Å². The van der Waals surface area contributed by atoms with Crippen molar-refractivity contribution in [3.63, 3.8) is 0 Å². The Morgan fingerprint density at radius 3 is 2.71 bits per heavy atom. The van der Waals surface area contributed by atoms with Crippen molar-refractivity contribution >= 4 is 34.8 Å². The molecule has 0 saturated carbocycles. The molecule has 0 radical (unpaired) electrons. The van der Waals surface area contributed by atoms with E-state index >= 15 is 0 Å². The highest BCUT2D eigenvalue weighted by molar-refractivity contribution is 6.30. The molecule has 0 aliphatic rings. The lowest BCUT2D eigenvalue weighted by Crippen LogP contribution is -2.20. The Morgan fingerprint density at radius 2 is 2.10 bits per heavy atom. The summed E-state index contributed by atoms with van der Waals surface area (Å²) >= 11 is 5.77. The molecule has 1 aromatic heterocycles. The first-order valence-electron chi connectivity index (χ1n) is 5.62. The molecule has 0 aliphatic carbocycles. The van der Waals surface area contributed by atoms with Gasteiger partial charge < -0.3 is 10.4 Å². The zero-order valence-corrected chi connectivity index (χ0v) is 11.2. The highest BCUT2D eigenvalue weighted by Gasteiger charge is 2.13. The molecule has 0 saturated heterocycles. The first-order valence-corrected chi connectivity index (χ1v) is 6.00. The third-order valence-corrected chi connectivity index (χ3v) is 2.61. The molecule has 21 heavy (non-hydrogen) atoms. The Labute approximate surface area is 123 Å². The number of hydrogen-bond donors (Lipinski definition) is 3. The van der Waals surface area contributed by atoms with Crippen molar-refractivity contribution in [3.8, 4) is 5.75 Å². The van der Waals surface area contributed by atoms with E-state index in [1.165, 1.54) is 6.07 Å². The number of benzene rings is 1. The lowest BCUT2D eigenvalue weighted by atomic mass is 10.3. The Hall–Kier alpha value is -2.87. The summed E-state index contributed by atoms with van der Waals surface area (Å²) < 4.78 is 0. The summed E-state index contributed by atoms with van der Waals surface area (Å²) in [5.74, 6) is -0.703. The molecular formula is C12H9ClN4O4. The van der Waals surface area contributed by atoms with Gasteiger partial charge in [-0.15, -0.1) is 0 Å². The second kappa shape index (κ2) is 6.06. The molecule has 0 unspecified atom stereocenters. The van der Waals surface area contributed by atoms with Crippen molar-refractivity contribution in [2.45, 2.75) is 0 Å². The number of nitrogens with zero attached hydrogens (tertiary/aromatic N) is 2. The highest BCUT2D eigenvalue weighted by Crippen LogP contribution is 2.25. The molecule has 0 fully saturated rings. The van der Waals surface area contributed by atoms with Gasteiger partial charge >= 0.3 is 6.03 Å². The Kier molecular flexibility index (Phi) is 4.19. The fourth-order valence-corrected chi connectivity index (χ4v) is 1.67. The normalized spacial score (nSPS) is 9.95. The molecule has 0 atom stereocenters. The minimum atomic E-state index is -0.706. The van der Waals surface area contributed by atoms with Gasteiger partial charge in [-0.1, -0.05) is 17.7 Å². The van der Waals surface area contributed by atoms with Gasteiger partial charge in [0.1, 0.15) is 6.20 Å². The van der Waals surface area contributed by atoms with Gasteiger partial charge in [0.05, 0.1) is 11.0 Å².